The van der Waals surface area contributed by atoms with Crippen molar-refractivity contribution < 1.29 is 16.0 Å². The third-order valence-corrected chi connectivity index (χ3v) is 6.36. The molecule has 1 aliphatic carbocycles. The molecule has 0 bridgehead atoms. The van der Waals surface area contributed by atoms with E-state index in [0.717, 1.165) is 6.42 Å². The molecule has 0 N–H and O–H groups in total. The van der Waals surface area contributed by atoms with Crippen LogP contribution in [-0.2, 0) is 16.0 Å². The maximum atomic E-state index is 4.22. The number of allylic oxidation sites excluding steroid dienone is 4. The Kier molecular flexibility index (Phi) is 3.99. The summed E-state index contributed by atoms with van der Waals surface area (Å²) in [5.74, 6) is 0. The standard InChI is InChI=1S/C17H14P.Fe/c1-3-9-15(10-4-1)18(17-13-7-8-14-17)16-11-5-2-6-12-16;/h1-7,9-13H,8H2;. The molecule has 0 radical (unpaired) electrons. The summed E-state index contributed by atoms with van der Waals surface area (Å²) in [4.78, 5) is 0. The molecule has 0 aliphatic heterocycles. The van der Waals surface area contributed by atoms with Crippen molar-refractivity contribution in [2.75, 3.05) is 0 Å². The van der Waals surface area contributed by atoms with E-state index < -0.39 is 7.92 Å². The SMILES string of the molecule is [Fe][C]1=C(P(c2ccccc2)c2ccccc2)C=CC1. The van der Waals surface area contributed by atoms with Crippen molar-refractivity contribution in [1.82, 2.24) is 0 Å². The molecule has 2 heteroatoms. The van der Waals surface area contributed by atoms with E-state index in [2.05, 4.69) is 88.8 Å². The summed E-state index contributed by atoms with van der Waals surface area (Å²) in [5.41, 5.74) is 0. The summed E-state index contributed by atoms with van der Waals surface area (Å²) in [6.07, 6.45) is 5.47. The monoisotopic (exact) mass is 305 g/mol. The van der Waals surface area contributed by atoms with Gasteiger partial charge in [-0.3, -0.25) is 0 Å². The zero-order valence-corrected chi connectivity index (χ0v) is 12.4. The summed E-state index contributed by atoms with van der Waals surface area (Å²) in [6, 6.07) is 21.5. The van der Waals surface area contributed by atoms with Crippen molar-refractivity contribution in [3.8, 4) is 0 Å². The number of benzene rings is 2. The number of hydrogen-bond acceptors (Lipinski definition) is 0. The van der Waals surface area contributed by atoms with Crippen LogP contribution in [0.3, 0.4) is 0 Å². The van der Waals surface area contributed by atoms with Crippen LogP contribution in [0, 0.1) is 0 Å². The van der Waals surface area contributed by atoms with Gasteiger partial charge in [0.2, 0.25) is 0 Å². The second-order valence-corrected chi connectivity index (χ2v) is 7.24. The Hall–Kier alpha value is -1.13. The minimum absolute atomic E-state index is 0.461. The van der Waals surface area contributed by atoms with Gasteiger partial charge < -0.3 is 0 Å². The number of hydrogen-bond donors (Lipinski definition) is 0. The van der Waals surface area contributed by atoms with Crippen LogP contribution in [0.2, 0.25) is 0 Å². The van der Waals surface area contributed by atoms with E-state index in [4.69, 9.17) is 0 Å². The van der Waals surface area contributed by atoms with Crippen molar-refractivity contribution in [3.63, 3.8) is 0 Å². The molecule has 95 valence electrons. The topological polar surface area (TPSA) is 0 Å². The Morgan fingerprint density at radius 1 is 0.789 bits per heavy atom. The quantitative estimate of drug-likeness (QED) is 0.597. The fourth-order valence-corrected chi connectivity index (χ4v) is 5.21. The Balaban J connectivity index is 2.12. The zero-order chi connectivity index (χ0) is 13.1. The van der Waals surface area contributed by atoms with Gasteiger partial charge in [-0.2, -0.15) is 0 Å². The van der Waals surface area contributed by atoms with Gasteiger partial charge in [0.15, 0.2) is 0 Å². The van der Waals surface area contributed by atoms with E-state index >= 15 is 0 Å². The van der Waals surface area contributed by atoms with Gasteiger partial charge in [0.1, 0.15) is 0 Å². The molecule has 19 heavy (non-hydrogen) atoms. The Bertz CT molecular complexity index is 575. The molecule has 0 unspecified atom stereocenters. The van der Waals surface area contributed by atoms with Gasteiger partial charge in [-0.1, -0.05) is 0 Å². The van der Waals surface area contributed by atoms with Gasteiger partial charge in [-0.25, -0.2) is 0 Å². The number of rotatable bonds is 3. The first-order valence-corrected chi connectivity index (χ1v) is 8.20. The van der Waals surface area contributed by atoms with Crippen molar-refractivity contribution in [1.29, 1.82) is 0 Å². The van der Waals surface area contributed by atoms with Crippen molar-refractivity contribution in [2.45, 2.75) is 6.42 Å². The van der Waals surface area contributed by atoms with Crippen LogP contribution in [0.1, 0.15) is 6.42 Å². The fourth-order valence-electron chi connectivity index (χ4n) is 2.24. The van der Waals surface area contributed by atoms with E-state index in [-0.39, 0.29) is 0 Å². The molecule has 0 nitrogen and oxygen atoms in total. The average molecular weight is 305 g/mol. The molecule has 0 atom stereocenters. The first-order valence-electron chi connectivity index (χ1n) is 6.30. The maximum absolute atomic E-state index is 4.22. The summed E-state index contributed by atoms with van der Waals surface area (Å²) < 4.78 is 1.26. The minimum atomic E-state index is -0.461. The summed E-state index contributed by atoms with van der Waals surface area (Å²) in [6.45, 7) is 0. The first-order chi connectivity index (χ1) is 9.36. The Morgan fingerprint density at radius 2 is 1.32 bits per heavy atom. The molecule has 2 aromatic carbocycles. The Morgan fingerprint density at radius 3 is 1.74 bits per heavy atom. The van der Waals surface area contributed by atoms with Crippen LogP contribution in [-0.4, -0.2) is 0 Å². The molecule has 0 saturated heterocycles. The summed E-state index contributed by atoms with van der Waals surface area (Å²) in [5, 5.41) is 4.20. The second-order valence-electron chi connectivity index (χ2n) is 4.39. The molecule has 0 aromatic heterocycles. The van der Waals surface area contributed by atoms with Crippen LogP contribution < -0.4 is 10.6 Å². The van der Waals surface area contributed by atoms with Gasteiger partial charge in [-0.15, -0.1) is 0 Å². The average Bonchev–Trinajstić information content (AvgIpc) is 2.88. The van der Waals surface area contributed by atoms with Crippen LogP contribution in [0.4, 0.5) is 0 Å². The molecule has 3 rings (SSSR count). The molecule has 0 spiro atoms. The molecule has 0 heterocycles. The summed E-state index contributed by atoms with van der Waals surface area (Å²) >= 11 is 4.22. The van der Waals surface area contributed by atoms with Crippen molar-refractivity contribution >= 4 is 18.5 Å². The van der Waals surface area contributed by atoms with Gasteiger partial charge in [0.05, 0.1) is 0 Å². The van der Waals surface area contributed by atoms with Gasteiger partial charge in [0, 0.05) is 0 Å². The third-order valence-electron chi connectivity index (χ3n) is 3.11. The van der Waals surface area contributed by atoms with Gasteiger partial charge in [-0.05, 0) is 0 Å². The first kappa shape index (κ1) is 12.9. The van der Waals surface area contributed by atoms with E-state index in [1.54, 1.807) is 0 Å². The van der Waals surface area contributed by atoms with Gasteiger partial charge in [0.25, 0.3) is 0 Å². The van der Waals surface area contributed by atoms with Crippen molar-refractivity contribution in [3.05, 3.63) is 82.6 Å². The Labute approximate surface area is 123 Å². The van der Waals surface area contributed by atoms with Crippen LogP contribution in [0.25, 0.3) is 0 Å². The molecule has 0 fully saturated rings. The normalized spacial score (nSPS) is 14.4. The van der Waals surface area contributed by atoms with E-state index in [1.165, 1.54) is 20.4 Å². The second kappa shape index (κ2) is 5.88. The van der Waals surface area contributed by atoms with E-state index in [9.17, 15) is 0 Å². The predicted molar refractivity (Wildman–Crippen MR) is 79.9 cm³/mol. The van der Waals surface area contributed by atoms with E-state index in [1.807, 2.05) is 0 Å². The van der Waals surface area contributed by atoms with E-state index in [0.29, 0.717) is 0 Å². The summed E-state index contributed by atoms with van der Waals surface area (Å²) in [7, 11) is -0.461. The third kappa shape index (κ3) is 2.74. The molecule has 1 aliphatic rings. The van der Waals surface area contributed by atoms with Crippen LogP contribution >= 0.6 is 7.92 Å². The fraction of sp³-hybridized carbons (Fsp3) is 0.0588. The molecular formula is C17H14FeP. The van der Waals surface area contributed by atoms with Crippen LogP contribution in [0.15, 0.2) is 82.6 Å². The zero-order valence-electron chi connectivity index (χ0n) is 10.4. The van der Waals surface area contributed by atoms with Crippen molar-refractivity contribution in [2.24, 2.45) is 0 Å². The van der Waals surface area contributed by atoms with Gasteiger partial charge >= 0.3 is 124 Å². The molecular weight excluding hydrogens is 291 g/mol. The molecule has 2 aromatic rings. The predicted octanol–water partition coefficient (Wildman–Crippen LogP) is 3.84. The molecule has 0 saturated carbocycles. The molecule has 0 amide bonds. The van der Waals surface area contributed by atoms with Crippen LogP contribution in [0.5, 0.6) is 0 Å².